The molecule has 0 radical (unpaired) electrons. The van der Waals surface area contributed by atoms with E-state index in [2.05, 4.69) is 48.7 Å². The predicted octanol–water partition coefficient (Wildman–Crippen LogP) is 3.44. The van der Waals surface area contributed by atoms with E-state index in [0.717, 1.165) is 13.0 Å². The van der Waals surface area contributed by atoms with Crippen LogP contribution < -0.4 is 10.6 Å². The van der Waals surface area contributed by atoms with Crippen molar-refractivity contribution in [1.29, 1.82) is 0 Å². The molecule has 2 heteroatoms. The average Bonchev–Trinajstić information content (AvgIpc) is 2.42. The van der Waals surface area contributed by atoms with Crippen LogP contribution in [0.1, 0.15) is 38.7 Å². The molecule has 17 heavy (non-hydrogen) atoms. The van der Waals surface area contributed by atoms with Crippen molar-refractivity contribution in [3.05, 3.63) is 29.8 Å². The third-order valence-electron chi connectivity index (χ3n) is 2.97. The van der Waals surface area contributed by atoms with Gasteiger partial charge in [-0.05, 0) is 50.9 Å². The fraction of sp³-hybridized carbons (Fsp3) is 0.600. The van der Waals surface area contributed by atoms with E-state index in [4.69, 9.17) is 0 Å². The summed E-state index contributed by atoms with van der Waals surface area (Å²) in [5.74, 6) is 0. The summed E-state index contributed by atoms with van der Waals surface area (Å²) in [7, 11) is 0. The summed E-state index contributed by atoms with van der Waals surface area (Å²) in [5, 5.41) is 6.61. The lowest BCUT2D eigenvalue weighted by Gasteiger charge is -2.08. The van der Waals surface area contributed by atoms with Gasteiger partial charge in [0.2, 0.25) is 0 Å². The Morgan fingerprint density at radius 3 is 2.24 bits per heavy atom. The van der Waals surface area contributed by atoms with Gasteiger partial charge in [-0.15, -0.1) is 0 Å². The van der Waals surface area contributed by atoms with E-state index in [1.807, 2.05) is 0 Å². The fourth-order valence-electron chi connectivity index (χ4n) is 1.99. The van der Waals surface area contributed by atoms with Crippen LogP contribution in [0.2, 0.25) is 0 Å². The zero-order valence-electron chi connectivity index (χ0n) is 11.3. The first-order chi connectivity index (χ1) is 8.38. The van der Waals surface area contributed by atoms with Gasteiger partial charge in [-0.2, -0.15) is 0 Å². The number of anilines is 1. The smallest absolute Gasteiger partial charge is 0.0372 e. The highest BCUT2D eigenvalue weighted by molar-refractivity contribution is 5.50. The molecule has 1 aromatic rings. The molecule has 1 aromatic carbocycles. The molecule has 1 heterocycles. The van der Waals surface area contributed by atoms with E-state index in [9.17, 15) is 0 Å². The molecule has 1 fully saturated rings. The molecule has 0 aromatic heterocycles. The van der Waals surface area contributed by atoms with Crippen molar-refractivity contribution in [2.45, 2.75) is 39.5 Å². The summed E-state index contributed by atoms with van der Waals surface area (Å²) in [6.07, 6.45) is 5.32. The lowest BCUT2D eigenvalue weighted by Crippen LogP contribution is -2.21. The van der Waals surface area contributed by atoms with Crippen molar-refractivity contribution in [3.63, 3.8) is 0 Å². The Labute approximate surface area is 106 Å². The first-order valence-corrected chi connectivity index (χ1v) is 6.91. The van der Waals surface area contributed by atoms with Crippen molar-refractivity contribution in [1.82, 2.24) is 5.32 Å². The fourth-order valence-corrected chi connectivity index (χ4v) is 1.99. The van der Waals surface area contributed by atoms with Gasteiger partial charge in [0, 0.05) is 12.2 Å². The summed E-state index contributed by atoms with van der Waals surface area (Å²) < 4.78 is 0. The van der Waals surface area contributed by atoms with Crippen LogP contribution >= 0.6 is 0 Å². The van der Waals surface area contributed by atoms with Crippen LogP contribution in [-0.4, -0.2) is 19.6 Å². The second-order valence-corrected chi connectivity index (χ2v) is 4.35. The second-order valence-electron chi connectivity index (χ2n) is 4.35. The number of aryl methyl sites for hydroxylation is 1. The number of hydrogen-bond acceptors (Lipinski definition) is 2. The Bertz CT molecular complexity index is 281. The van der Waals surface area contributed by atoms with Crippen molar-refractivity contribution in [2.24, 2.45) is 0 Å². The lowest BCUT2D eigenvalue weighted by molar-refractivity contribution is 0.520. The first kappa shape index (κ1) is 14.0. The Morgan fingerprint density at radius 1 is 1.06 bits per heavy atom. The molecule has 0 bridgehead atoms. The topological polar surface area (TPSA) is 24.1 Å². The summed E-state index contributed by atoms with van der Waals surface area (Å²) in [6.45, 7) is 7.79. The third kappa shape index (κ3) is 5.73. The summed E-state index contributed by atoms with van der Waals surface area (Å²) in [4.78, 5) is 0. The molecule has 96 valence electrons. The van der Waals surface area contributed by atoms with Crippen LogP contribution in [0, 0.1) is 0 Å². The van der Waals surface area contributed by atoms with Gasteiger partial charge < -0.3 is 10.6 Å². The number of piperidine rings is 1. The molecule has 0 aliphatic carbocycles. The summed E-state index contributed by atoms with van der Waals surface area (Å²) >= 11 is 0. The minimum absolute atomic E-state index is 0.997. The molecule has 0 unspecified atom stereocenters. The van der Waals surface area contributed by atoms with Crippen LogP contribution in [0.15, 0.2) is 24.3 Å². The van der Waals surface area contributed by atoms with Crippen LogP contribution in [0.3, 0.4) is 0 Å². The van der Waals surface area contributed by atoms with Crippen molar-refractivity contribution in [2.75, 3.05) is 25.0 Å². The lowest BCUT2D eigenvalue weighted by atomic mass is 10.1. The van der Waals surface area contributed by atoms with Gasteiger partial charge >= 0.3 is 0 Å². The van der Waals surface area contributed by atoms with E-state index < -0.39 is 0 Å². The molecule has 0 amide bonds. The van der Waals surface area contributed by atoms with Crippen LogP contribution in [0.5, 0.6) is 0 Å². The van der Waals surface area contributed by atoms with Gasteiger partial charge in [-0.25, -0.2) is 0 Å². The highest BCUT2D eigenvalue weighted by Gasteiger charge is 1.95. The zero-order chi connectivity index (χ0) is 12.3. The Hall–Kier alpha value is -1.02. The van der Waals surface area contributed by atoms with Gasteiger partial charge in [0.25, 0.3) is 0 Å². The highest BCUT2D eigenvalue weighted by Crippen LogP contribution is 2.14. The molecule has 1 aliphatic rings. The molecule has 1 saturated heterocycles. The molecule has 2 nitrogen and oxygen atoms in total. The number of para-hydroxylation sites is 1. The Balaban J connectivity index is 0.000000202. The summed E-state index contributed by atoms with van der Waals surface area (Å²) in [6, 6.07) is 8.44. The average molecular weight is 234 g/mol. The first-order valence-electron chi connectivity index (χ1n) is 6.91. The third-order valence-corrected chi connectivity index (χ3v) is 2.97. The monoisotopic (exact) mass is 234 g/mol. The van der Waals surface area contributed by atoms with Crippen LogP contribution in [0.25, 0.3) is 0 Å². The van der Waals surface area contributed by atoms with Gasteiger partial charge in [0.1, 0.15) is 0 Å². The molecular weight excluding hydrogens is 208 g/mol. The van der Waals surface area contributed by atoms with Gasteiger partial charge in [0.05, 0.1) is 0 Å². The van der Waals surface area contributed by atoms with Crippen LogP contribution in [-0.2, 0) is 6.42 Å². The molecule has 0 atom stereocenters. The SMILES string of the molecule is C1CCNCC1.CCNc1ccccc1CC. The van der Waals surface area contributed by atoms with Gasteiger partial charge in [0.15, 0.2) is 0 Å². The zero-order valence-corrected chi connectivity index (χ0v) is 11.3. The quantitative estimate of drug-likeness (QED) is 0.837. The number of benzene rings is 1. The standard InChI is InChI=1S/C10H15N.C5H11N/c1-3-9-7-5-6-8-10(9)11-4-2;1-2-4-6-5-3-1/h5-8,11H,3-4H2,1-2H3;6H,1-5H2. The van der Waals surface area contributed by atoms with E-state index in [-0.39, 0.29) is 0 Å². The minimum Gasteiger partial charge on any atom is -0.385 e. The highest BCUT2D eigenvalue weighted by atomic mass is 14.9. The molecule has 1 aliphatic heterocycles. The van der Waals surface area contributed by atoms with E-state index in [1.54, 1.807) is 0 Å². The van der Waals surface area contributed by atoms with Crippen LogP contribution in [0.4, 0.5) is 5.69 Å². The van der Waals surface area contributed by atoms with Crippen molar-refractivity contribution in [3.8, 4) is 0 Å². The Kier molecular flexibility index (Phi) is 7.48. The number of rotatable bonds is 3. The maximum absolute atomic E-state index is 3.33. The second kappa shape index (κ2) is 9.06. The number of hydrogen-bond donors (Lipinski definition) is 2. The molecule has 2 N–H and O–H groups in total. The summed E-state index contributed by atoms with van der Waals surface area (Å²) in [5.41, 5.74) is 2.67. The Morgan fingerprint density at radius 2 is 1.76 bits per heavy atom. The molecule has 2 rings (SSSR count). The minimum atomic E-state index is 0.997. The molecular formula is C15H26N2. The largest absolute Gasteiger partial charge is 0.385 e. The molecule has 0 saturated carbocycles. The predicted molar refractivity (Wildman–Crippen MR) is 76.7 cm³/mol. The molecule has 0 spiro atoms. The van der Waals surface area contributed by atoms with Gasteiger partial charge in [-0.1, -0.05) is 31.5 Å². The van der Waals surface area contributed by atoms with E-state index >= 15 is 0 Å². The normalized spacial score (nSPS) is 14.7. The maximum atomic E-state index is 3.33. The van der Waals surface area contributed by atoms with E-state index in [1.165, 1.54) is 43.6 Å². The van der Waals surface area contributed by atoms with Crippen molar-refractivity contribution < 1.29 is 0 Å². The number of nitrogens with one attached hydrogen (secondary N) is 2. The van der Waals surface area contributed by atoms with Gasteiger partial charge in [-0.3, -0.25) is 0 Å². The van der Waals surface area contributed by atoms with E-state index in [0.29, 0.717) is 0 Å². The van der Waals surface area contributed by atoms with Crippen molar-refractivity contribution >= 4 is 5.69 Å². The maximum Gasteiger partial charge on any atom is 0.0372 e.